The fourth-order valence-electron chi connectivity index (χ4n) is 9.08. The van der Waals surface area contributed by atoms with Gasteiger partial charge in [0.25, 0.3) is 0 Å². The van der Waals surface area contributed by atoms with Crippen LogP contribution in [0.3, 0.4) is 0 Å². The van der Waals surface area contributed by atoms with Crippen LogP contribution >= 0.6 is 11.3 Å². The van der Waals surface area contributed by atoms with E-state index in [2.05, 4.69) is 82.1 Å². The molecule has 0 bridgehead atoms. The van der Waals surface area contributed by atoms with Crippen molar-refractivity contribution in [1.82, 2.24) is 25.3 Å². The van der Waals surface area contributed by atoms with Crippen LogP contribution in [-0.2, 0) is 9.53 Å². The number of rotatable bonds is 14. The van der Waals surface area contributed by atoms with E-state index in [1.165, 1.54) is 61.3 Å². The number of benzene rings is 1. The Morgan fingerprint density at radius 2 is 1.78 bits per heavy atom. The number of carbonyl (C=O) groups excluding carboxylic acids is 1. The summed E-state index contributed by atoms with van der Waals surface area (Å²) in [4.78, 5) is 26.7. The maximum absolute atomic E-state index is 13.4. The topological polar surface area (TPSA) is 87.0 Å². The van der Waals surface area contributed by atoms with Gasteiger partial charge >= 0.3 is 0 Å². The number of unbranched alkanes of at least 4 members (excludes halogenated alkanes) is 1. The molecule has 10 heteroatoms. The van der Waals surface area contributed by atoms with E-state index in [9.17, 15) is 4.79 Å². The summed E-state index contributed by atoms with van der Waals surface area (Å²) in [5, 5.41) is 7.65. The summed E-state index contributed by atoms with van der Waals surface area (Å²) in [6.45, 7) is 19.1. The first-order chi connectivity index (χ1) is 24.3. The second kappa shape index (κ2) is 15.8. The Kier molecular flexibility index (Phi) is 11.3. The normalized spacial score (nSPS) is 21.7. The summed E-state index contributed by atoms with van der Waals surface area (Å²) in [5.41, 5.74) is 6.21. The van der Waals surface area contributed by atoms with Gasteiger partial charge in [0.15, 0.2) is 11.6 Å². The fraction of sp³-hybridized carbons (Fsp3) is 0.675. The van der Waals surface area contributed by atoms with Gasteiger partial charge in [-0.05, 0) is 79.7 Å². The average molecular weight is 703 g/mol. The van der Waals surface area contributed by atoms with E-state index in [0.29, 0.717) is 23.6 Å². The Labute approximate surface area is 303 Å². The summed E-state index contributed by atoms with van der Waals surface area (Å²) in [7, 11) is 0. The fourth-order valence-corrected chi connectivity index (χ4v) is 9.89. The molecule has 7 rings (SSSR count). The maximum atomic E-state index is 13.4. The molecule has 2 unspecified atom stereocenters. The molecular formula is C40H58N6O3S. The standard InChI is InChI=1S/C40H58N6O3S/c1-28(2)37(39(47)41-14-6-5-7-29(3)32-8-10-33(11-9-32)38-30(4)42-27-50-38)35-21-36(43-49-35)46-15-12-31(13-16-46)24-44-25-40(26-44)22-34(23-40)45-17-19-48-20-18-45/h8-11,21,27-29,31,34,37H,5-7,12-20,22-26H2,1-4H3,(H,41,47). The minimum atomic E-state index is -0.332. The molecule has 1 N–H and O–H groups in total. The highest BCUT2D eigenvalue weighted by Gasteiger charge is 2.53. The first kappa shape index (κ1) is 35.6. The van der Waals surface area contributed by atoms with Gasteiger partial charge in [0.05, 0.1) is 29.3 Å². The van der Waals surface area contributed by atoms with Crippen molar-refractivity contribution in [1.29, 1.82) is 0 Å². The number of nitrogens with one attached hydrogen (secondary N) is 1. The van der Waals surface area contributed by atoms with Gasteiger partial charge in [-0.25, -0.2) is 4.98 Å². The van der Waals surface area contributed by atoms with E-state index >= 15 is 0 Å². The zero-order valence-electron chi connectivity index (χ0n) is 30.7. The van der Waals surface area contributed by atoms with Gasteiger partial charge in [0.2, 0.25) is 5.91 Å². The minimum absolute atomic E-state index is 0.0402. The van der Waals surface area contributed by atoms with Crippen LogP contribution in [0, 0.1) is 24.2 Å². The van der Waals surface area contributed by atoms with Crippen LogP contribution in [0.4, 0.5) is 5.82 Å². The number of hydrogen-bond donors (Lipinski definition) is 1. The molecule has 1 saturated carbocycles. The molecule has 1 aliphatic carbocycles. The summed E-state index contributed by atoms with van der Waals surface area (Å²) >= 11 is 1.70. The van der Waals surface area contributed by atoms with Crippen molar-refractivity contribution >= 4 is 23.1 Å². The Balaban J connectivity index is 0.799. The van der Waals surface area contributed by atoms with Crippen molar-refractivity contribution in [2.45, 2.75) is 90.5 Å². The summed E-state index contributed by atoms with van der Waals surface area (Å²) in [5.74, 6) is 2.63. The van der Waals surface area contributed by atoms with Gasteiger partial charge in [-0.1, -0.05) is 56.6 Å². The number of hydrogen-bond acceptors (Lipinski definition) is 9. The molecule has 4 fully saturated rings. The highest BCUT2D eigenvalue weighted by atomic mass is 32.1. The van der Waals surface area contributed by atoms with Crippen molar-refractivity contribution in [3.05, 3.63) is 52.9 Å². The van der Waals surface area contributed by atoms with Crippen LogP contribution in [0.15, 0.2) is 40.4 Å². The van der Waals surface area contributed by atoms with Crippen molar-refractivity contribution in [2.24, 2.45) is 17.3 Å². The van der Waals surface area contributed by atoms with Gasteiger partial charge < -0.3 is 24.4 Å². The lowest BCUT2D eigenvalue weighted by molar-refractivity contribution is -0.126. The number of likely N-dealkylation sites (tertiary alicyclic amines) is 1. The second-order valence-corrected chi connectivity index (χ2v) is 17.1. The predicted octanol–water partition coefficient (Wildman–Crippen LogP) is 6.95. The predicted molar refractivity (Wildman–Crippen MR) is 201 cm³/mol. The number of morpholine rings is 1. The van der Waals surface area contributed by atoms with Crippen molar-refractivity contribution in [2.75, 3.05) is 70.5 Å². The van der Waals surface area contributed by atoms with Crippen molar-refractivity contribution < 1.29 is 14.1 Å². The highest BCUT2D eigenvalue weighted by molar-refractivity contribution is 7.13. The van der Waals surface area contributed by atoms with Gasteiger partial charge in [0, 0.05) is 64.5 Å². The molecule has 2 aromatic heterocycles. The lowest BCUT2D eigenvalue weighted by Crippen LogP contribution is -2.67. The van der Waals surface area contributed by atoms with Crippen LogP contribution in [-0.4, -0.2) is 97.5 Å². The largest absolute Gasteiger partial charge is 0.379 e. The number of amides is 1. The van der Waals surface area contributed by atoms with E-state index in [1.54, 1.807) is 11.3 Å². The molecule has 1 amide bonds. The number of piperidine rings is 1. The Hall–Kier alpha value is -2.79. The SMILES string of the molecule is Cc1ncsc1-c1ccc(C(C)CCCCNC(=O)C(c2cc(N3CCC(CN4CC5(CC(N6CCOCC6)C5)C4)CC3)no2)C(C)C)cc1. The molecule has 2 atom stereocenters. The lowest BCUT2D eigenvalue weighted by atomic mass is 9.60. The summed E-state index contributed by atoms with van der Waals surface area (Å²) < 4.78 is 11.4. The minimum Gasteiger partial charge on any atom is -0.379 e. The summed E-state index contributed by atoms with van der Waals surface area (Å²) in [6.07, 6.45) is 8.27. The molecular weight excluding hydrogens is 645 g/mol. The maximum Gasteiger partial charge on any atom is 0.231 e. The van der Waals surface area contributed by atoms with Gasteiger partial charge in [-0.2, -0.15) is 0 Å². The molecule has 9 nitrogen and oxygen atoms in total. The molecule has 4 aliphatic rings. The molecule has 3 saturated heterocycles. The van der Waals surface area contributed by atoms with Crippen LogP contribution in [0.5, 0.6) is 0 Å². The van der Waals surface area contributed by atoms with Crippen LogP contribution < -0.4 is 10.2 Å². The third-order valence-electron chi connectivity index (χ3n) is 12.1. The third-order valence-corrected chi connectivity index (χ3v) is 13.1. The molecule has 5 heterocycles. The number of anilines is 1. The van der Waals surface area contributed by atoms with E-state index < -0.39 is 0 Å². The Bertz CT molecular complexity index is 1530. The zero-order chi connectivity index (χ0) is 34.7. The first-order valence-electron chi connectivity index (χ1n) is 19.3. The van der Waals surface area contributed by atoms with E-state index in [0.717, 1.165) is 82.1 Å². The van der Waals surface area contributed by atoms with Gasteiger partial charge in [-0.15, -0.1) is 11.3 Å². The van der Waals surface area contributed by atoms with Gasteiger partial charge in [-0.3, -0.25) is 9.69 Å². The van der Waals surface area contributed by atoms with Crippen molar-refractivity contribution in [3.63, 3.8) is 0 Å². The second-order valence-electron chi connectivity index (χ2n) is 16.2. The first-order valence-corrected chi connectivity index (χ1v) is 20.2. The molecule has 1 aromatic carbocycles. The van der Waals surface area contributed by atoms with E-state index in [1.807, 2.05) is 11.6 Å². The average Bonchev–Trinajstić information content (AvgIpc) is 3.75. The number of aryl methyl sites for hydroxylation is 1. The van der Waals surface area contributed by atoms with Crippen LogP contribution in [0.2, 0.25) is 0 Å². The zero-order valence-corrected chi connectivity index (χ0v) is 31.6. The number of thiazole rings is 1. The van der Waals surface area contributed by atoms with E-state index in [4.69, 9.17) is 9.26 Å². The number of carbonyl (C=O) groups is 1. The molecule has 50 heavy (non-hydrogen) atoms. The van der Waals surface area contributed by atoms with Gasteiger partial charge in [0.1, 0.15) is 5.92 Å². The molecule has 3 aromatic rings. The van der Waals surface area contributed by atoms with Crippen LogP contribution in [0.25, 0.3) is 10.4 Å². The molecule has 272 valence electrons. The van der Waals surface area contributed by atoms with Crippen molar-refractivity contribution in [3.8, 4) is 10.4 Å². The lowest BCUT2D eigenvalue weighted by Gasteiger charge is -2.62. The van der Waals surface area contributed by atoms with E-state index in [-0.39, 0.29) is 17.7 Å². The smallest absolute Gasteiger partial charge is 0.231 e. The Morgan fingerprint density at radius 3 is 2.46 bits per heavy atom. The third kappa shape index (κ3) is 8.14. The highest BCUT2D eigenvalue weighted by Crippen LogP contribution is 2.50. The quantitative estimate of drug-likeness (QED) is 0.181. The number of aromatic nitrogens is 2. The molecule has 0 radical (unpaired) electrons. The Morgan fingerprint density at radius 1 is 1.04 bits per heavy atom. The number of nitrogens with zero attached hydrogens (tertiary/aromatic N) is 5. The molecule has 1 spiro atoms. The van der Waals surface area contributed by atoms with Crippen LogP contribution in [0.1, 0.15) is 94.6 Å². The monoisotopic (exact) mass is 702 g/mol. The molecule has 3 aliphatic heterocycles. The number of ether oxygens (including phenoxy) is 1. The summed E-state index contributed by atoms with van der Waals surface area (Å²) in [6, 6.07) is 11.8.